The SMILES string of the molecule is CCCCCOC(CCCCC)OCc1ccccc1. The van der Waals surface area contributed by atoms with Gasteiger partial charge in [-0.25, -0.2) is 0 Å². The van der Waals surface area contributed by atoms with Gasteiger partial charge in [-0.3, -0.25) is 0 Å². The van der Waals surface area contributed by atoms with Crippen molar-refractivity contribution in [3.8, 4) is 0 Å². The summed E-state index contributed by atoms with van der Waals surface area (Å²) in [5.41, 5.74) is 1.21. The van der Waals surface area contributed by atoms with Crippen LogP contribution in [0.3, 0.4) is 0 Å². The molecule has 1 rings (SSSR count). The zero-order valence-corrected chi connectivity index (χ0v) is 13.1. The van der Waals surface area contributed by atoms with E-state index in [1.54, 1.807) is 0 Å². The van der Waals surface area contributed by atoms with Gasteiger partial charge in [0.15, 0.2) is 6.29 Å². The summed E-state index contributed by atoms with van der Waals surface area (Å²) in [6.45, 7) is 5.90. The van der Waals surface area contributed by atoms with Crippen molar-refractivity contribution in [3.05, 3.63) is 35.9 Å². The highest BCUT2D eigenvalue weighted by Crippen LogP contribution is 2.12. The van der Waals surface area contributed by atoms with Crippen molar-refractivity contribution in [1.29, 1.82) is 0 Å². The molecule has 0 saturated carbocycles. The van der Waals surface area contributed by atoms with E-state index in [1.807, 2.05) is 18.2 Å². The Morgan fingerprint density at radius 3 is 2.25 bits per heavy atom. The summed E-state index contributed by atoms with van der Waals surface area (Å²) < 4.78 is 11.8. The number of benzene rings is 1. The number of rotatable bonds is 12. The van der Waals surface area contributed by atoms with Crippen molar-refractivity contribution >= 4 is 0 Å². The molecule has 2 heteroatoms. The zero-order chi connectivity index (χ0) is 14.5. The van der Waals surface area contributed by atoms with Gasteiger partial charge in [0.05, 0.1) is 6.61 Å². The molecule has 0 amide bonds. The number of ether oxygens (including phenoxy) is 2. The van der Waals surface area contributed by atoms with E-state index in [0.717, 1.165) is 19.4 Å². The van der Waals surface area contributed by atoms with Gasteiger partial charge in [0, 0.05) is 6.61 Å². The van der Waals surface area contributed by atoms with Crippen LogP contribution in [0.25, 0.3) is 0 Å². The molecule has 0 fully saturated rings. The van der Waals surface area contributed by atoms with E-state index in [9.17, 15) is 0 Å². The maximum Gasteiger partial charge on any atom is 0.158 e. The van der Waals surface area contributed by atoms with Crippen LogP contribution in [0.1, 0.15) is 64.4 Å². The van der Waals surface area contributed by atoms with Crippen molar-refractivity contribution in [3.63, 3.8) is 0 Å². The first-order valence-corrected chi connectivity index (χ1v) is 8.14. The summed E-state index contributed by atoms with van der Waals surface area (Å²) >= 11 is 0. The van der Waals surface area contributed by atoms with Gasteiger partial charge in [0.1, 0.15) is 0 Å². The van der Waals surface area contributed by atoms with Crippen LogP contribution < -0.4 is 0 Å². The van der Waals surface area contributed by atoms with Gasteiger partial charge in [-0.15, -0.1) is 0 Å². The lowest BCUT2D eigenvalue weighted by Crippen LogP contribution is -2.18. The van der Waals surface area contributed by atoms with E-state index in [-0.39, 0.29) is 6.29 Å². The third kappa shape index (κ3) is 8.34. The highest BCUT2D eigenvalue weighted by Gasteiger charge is 2.09. The van der Waals surface area contributed by atoms with Gasteiger partial charge < -0.3 is 9.47 Å². The number of unbranched alkanes of at least 4 members (excludes halogenated alkanes) is 4. The minimum absolute atomic E-state index is 0.0430. The number of hydrogen-bond donors (Lipinski definition) is 0. The summed E-state index contributed by atoms with van der Waals surface area (Å²) in [5, 5.41) is 0. The fourth-order valence-electron chi connectivity index (χ4n) is 2.11. The van der Waals surface area contributed by atoms with E-state index < -0.39 is 0 Å². The van der Waals surface area contributed by atoms with Crippen LogP contribution in [0.4, 0.5) is 0 Å². The average molecular weight is 278 g/mol. The van der Waals surface area contributed by atoms with E-state index in [1.165, 1.54) is 37.7 Å². The lowest BCUT2D eigenvalue weighted by atomic mass is 10.2. The van der Waals surface area contributed by atoms with Gasteiger partial charge in [-0.1, -0.05) is 69.9 Å². The predicted molar refractivity (Wildman–Crippen MR) is 84.6 cm³/mol. The highest BCUT2D eigenvalue weighted by molar-refractivity contribution is 5.13. The minimum atomic E-state index is -0.0430. The summed E-state index contributed by atoms with van der Waals surface area (Å²) in [6, 6.07) is 10.3. The Morgan fingerprint density at radius 1 is 0.850 bits per heavy atom. The average Bonchev–Trinajstić information content (AvgIpc) is 2.49. The second kappa shape index (κ2) is 11.9. The van der Waals surface area contributed by atoms with Gasteiger partial charge in [0.25, 0.3) is 0 Å². The molecule has 1 unspecified atom stereocenters. The molecule has 1 aromatic carbocycles. The van der Waals surface area contributed by atoms with Crippen molar-refractivity contribution in [2.75, 3.05) is 6.61 Å². The maximum absolute atomic E-state index is 5.93. The highest BCUT2D eigenvalue weighted by atomic mass is 16.7. The molecule has 0 aromatic heterocycles. The molecule has 1 atom stereocenters. The van der Waals surface area contributed by atoms with Crippen LogP contribution in [0.15, 0.2) is 30.3 Å². The second-order valence-electron chi connectivity index (χ2n) is 5.30. The third-order valence-corrected chi connectivity index (χ3v) is 3.37. The Labute approximate surface area is 124 Å². The molecule has 1 aromatic rings. The van der Waals surface area contributed by atoms with Crippen molar-refractivity contribution in [2.45, 2.75) is 71.7 Å². The third-order valence-electron chi connectivity index (χ3n) is 3.37. The smallest absolute Gasteiger partial charge is 0.158 e. The summed E-state index contributed by atoms with van der Waals surface area (Å²) in [4.78, 5) is 0. The Balaban J connectivity index is 2.28. The molecule has 0 N–H and O–H groups in total. The summed E-state index contributed by atoms with van der Waals surface area (Å²) in [6.07, 6.45) is 8.24. The Kier molecular flexibility index (Phi) is 10.3. The van der Waals surface area contributed by atoms with Crippen LogP contribution in [-0.4, -0.2) is 12.9 Å². The molecular formula is C18H30O2. The first-order valence-electron chi connectivity index (χ1n) is 8.14. The van der Waals surface area contributed by atoms with Crippen molar-refractivity contribution in [1.82, 2.24) is 0 Å². The fraction of sp³-hybridized carbons (Fsp3) is 0.667. The molecule has 0 aliphatic carbocycles. The summed E-state index contributed by atoms with van der Waals surface area (Å²) in [7, 11) is 0. The monoisotopic (exact) mass is 278 g/mol. The molecular weight excluding hydrogens is 248 g/mol. The Morgan fingerprint density at radius 2 is 1.55 bits per heavy atom. The van der Waals surface area contributed by atoms with E-state index in [0.29, 0.717) is 6.61 Å². The molecule has 0 aliphatic heterocycles. The molecule has 0 heterocycles. The molecule has 0 spiro atoms. The maximum atomic E-state index is 5.93. The molecule has 0 bridgehead atoms. The number of hydrogen-bond acceptors (Lipinski definition) is 2. The molecule has 0 saturated heterocycles. The van der Waals surface area contributed by atoms with Gasteiger partial charge in [0.2, 0.25) is 0 Å². The fourth-order valence-corrected chi connectivity index (χ4v) is 2.11. The van der Waals surface area contributed by atoms with Gasteiger partial charge in [-0.2, -0.15) is 0 Å². The second-order valence-corrected chi connectivity index (χ2v) is 5.30. The van der Waals surface area contributed by atoms with Crippen LogP contribution >= 0.6 is 0 Å². The molecule has 0 aliphatic rings. The topological polar surface area (TPSA) is 18.5 Å². The molecule has 114 valence electrons. The van der Waals surface area contributed by atoms with Crippen LogP contribution in [-0.2, 0) is 16.1 Å². The minimum Gasteiger partial charge on any atom is -0.353 e. The molecule has 20 heavy (non-hydrogen) atoms. The predicted octanol–water partition coefficient (Wildman–Crippen LogP) is 5.32. The van der Waals surface area contributed by atoms with Crippen LogP contribution in [0.2, 0.25) is 0 Å². The Hall–Kier alpha value is -0.860. The van der Waals surface area contributed by atoms with Crippen LogP contribution in [0.5, 0.6) is 0 Å². The van der Waals surface area contributed by atoms with Crippen molar-refractivity contribution < 1.29 is 9.47 Å². The van der Waals surface area contributed by atoms with Crippen LogP contribution in [0, 0.1) is 0 Å². The quantitative estimate of drug-likeness (QED) is 0.381. The summed E-state index contributed by atoms with van der Waals surface area (Å²) in [5.74, 6) is 0. The van der Waals surface area contributed by atoms with E-state index in [4.69, 9.17) is 9.47 Å². The van der Waals surface area contributed by atoms with Gasteiger partial charge in [-0.05, 0) is 24.8 Å². The first-order chi connectivity index (χ1) is 9.86. The standard InChI is InChI=1S/C18H30O2/c1-3-5-8-14-18(19-15-11-6-4-2)20-16-17-12-9-7-10-13-17/h7,9-10,12-13,18H,3-6,8,11,14-16H2,1-2H3. The van der Waals surface area contributed by atoms with E-state index >= 15 is 0 Å². The molecule has 0 radical (unpaired) electrons. The largest absolute Gasteiger partial charge is 0.353 e. The van der Waals surface area contributed by atoms with E-state index in [2.05, 4.69) is 26.0 Å². The van der Waals surface area contributed by atoms with Gasteiger partial charge >= 0.3 is 0 Å². The normalized spacial score (nSPS) is 12.5. The first kappa shape index (κ1) is 17.2. The zero-order valence-electron chi connectivity index (χ0n) is 13.1. The Bertz CT molecular complexity index is 310. The van der Waals surface area contributed by atoms with Crippen molar-refractivity contribution in [2.24, 2.45) is 0 Å². The molecule has 2 nitrogen and oxygen atoms in total. The lowest BCUT2D eigenvalue weighted by Gasteiger charge is -2.18. The lowest BCUT2D eigenvalue weighted by molar-refractivity contribution is -0.154.